The zero-order valence-corrected chi connectivity index (χ0v) is 12.3. The number of hydrogen-bond acceptors (Lipinski definition) is 3. The Labute approximate surface area is 124 Å². The first-order valence-corrected chi connectivity index (χ1v) is 7.59. The lowest BCUT2D eigenvalue weighted by atomic mass is 9.86. The highest BCUT2D eigenvalue weighted by atomic mass is 16.4. The van der Waals surface area contributed by atoms with E-state index in [4.69, 9.17) is 4.42 Å². The van der Waals surface area contributed by atoms with Crippen LogP contribution in [0.15, 0.2) is 35.0 Å². The molecule has 1 saturated carbocycles. The number of carbonyl (C=O) groups excluding carboxylic acids is 1. The molecule has 2 atom stereocenters. The van der Waals surface area contributed by atoms with Gasteiger partial charge in [-0.3, -0.25) is 9.48 Å². The third-order valence-corrected chi connectivity index (χ3v) is 4.19. The van der Waals surface area contributed by atoms with Crippen LogP contribution in [0.2, 0.25) is 0 Å². The predicted molar refractivity (Wildman–Crippen MR) is 78.9 cm³/mol. The summed E-state index contributed by atoms with van der Waals surface area (Å²) < 4.78 is 7.39. The summed E-state index contributed by atoms with van der Waals surface area (Å²) in [6, 6.07) is 5.70. The molecule has 112 valence electrons. The first-order chi connectivity index (χ1) is 10.2. The molecule has 1 N–H and O–H groups in total. The average molecular weight is 287 g/mol. The topological polar surface area (TPSA) is 60.1 Å². The molecule has 1 amide bonds. The van der Waals surface area contributed by atoms with Crippen molar-refractivity contribution in [1.29, 1.82) is 0 Å². The Balaban J connectivity index is 1.61. The Kier molecular flexibility index (Phi) is 4.08. The van der Waals surface area contributed by atoms with Crippen LogP contribution >= 0.6 is 0 Å². The van der Waals surface area contributed by atoms with Crippen molar-refractivity contribution in [1.82, 2.24) is 15.1 Å². The second-order valence-electron chi connectivity index (χ2n) is 5.81. The molecule has 2 aromatic heterocycles. The van der Waals surface area contributed by atoms with Gasteiger partial charge in [-0.05, 0) is 37.0 Å². The first-order valence-electron chi connectivity index (χ1n) is 7.59. The van der Waals surface area contributed by atoms with Crippen LogP contribution in [-0.2, 0) is 6.54 Å². The third-order valence-electron chi connectivity index (χ3n) is 4.19. The van der Waals surface area contributed by atoms with Gasteiger partial charge in [-0.15, -0.1) is 0 Å². The number of carbonyl (C=O) groups is 1. The van der Waals surface area contributed by atoms with Crippen LogP contribution in [0.5, 0.6) is 0 Å². The molecule has 0 spiro atoms. The zero-order chi connectivity index (χ0) is 14.7. The van der Waals surface area contributed by atoms with Gasteiger partial charge in [-0.1, -0.05) is 19.8 Å². The summed E-state index contributed by atoms with van der Waals surface area (Å²) in [5.74, 6) is 1.55. The standard InChI is InChI=1S/C16H21N3O2/c1-12-5-2-3-6-14(12)18-16(20)15-8-7-13(21-15)11-19-10-4-9-17-19/h4,7-10,12,14H,2-3,5-6,11H2,1H3,(H,18,20)/t12-,14-/m0/s1. The monoisotopic (exact) mass is 287 g/mol. The van der Waals surface area contributed by atoms with Crippen LogP contribution in [0.4, 0.5) is 0 Å². The van der Waals surface area contributed by atoms with Crippen molar-refractivity contribution in [3.63, 3.8) is 0 Å². The summed E-state index contributed by atoms with van der Waals surface area (Å²) in [5, 5.41) is 7.23. The Hall–Kier alpha value is -2.04. The van der Waals surface area contributed by atoms with E-state index in [1.165, 1.54) is 19.3 Å². The van der Waals surface area contributed by atoms with Gasteiger partial charge in [0.2, 0.25) is 0 Å². The smallest absolute Gasteiger partial charge is 0.287 e. The first kappa shape index (κ1) is 13.9. The number of furan rings is 1. The third kappa shape index (κ3) is 3.35. The number of hydrogen-bond donors (Lipinski definition) is 1. The van der Waals surface area contributed by atoms with Gasteiger partial charge in [0.1, 0.15) is 5.76 Å². The minimum atomic E-state index is -0.111. The Morgan fingerprint density at radius 1 is 1.43 bits per heavy atom. The summed E-state index contributed by atoms with van der Waals surface area (Å²) >= 11 is 0. The predicted octanol–water partition coefficient (Wildman–Crippen LogP) is 2.83. The van der Waals surface area contributed by atoms with Crippen LogP contribution < -0.4 is 5.32 Å². The van der Waals surface area contributed by atoms with Crippen LogP contribution in [0.25, 0.3) is 0 Å². The summed E-state index contributed by atoms with van der Waals surface area (Å²) in [7, 11) is 0. The fraction of sp³-hybridized carbons (Fsp3) is 0.500. The van der Waals surface area contributed by atoms with Crippen molar-refractivity contribution in [2.24, 2.45) is 5.92 Å². The normalized spacial score (nSPS) is 22.1. The fourth-order valence-corrected chi connectivity index (χ4v) is 2.91. The molecule has 5 nitrogen and oxygen atoms in total. The van der Waals surface area contributed by atoms with Gasteiger partial charge in [-0.25, -0.2) is 0 Å². The molecule has 1 aliphatic carbocycles. The van der Waals surface area contributed by atoms with E-state index in [0.717, 1.165) is 12.2 Å². The molecular formula is C16H21N3O2. The summed E-state index contributed by atoms with van der Waals surface area (Å²) in [6.45, 7) is 2.75. The molecule has 0 bridgehead atoms. The van der Waals surface area contributed by atoms with E-state index in [-0.39, 0.29) is 11.9 Å². The van der Waals surface area contributed by atoms with Gasteiger partial charge in [0, 0.05) is 18.4 Å². The van der Waals surface area contributed by atoms with Crippen molar-refractivity contribution < 1.29 is 9.21 Å². The summed E-state index contributed by atoms with van der Waals surface area (Å²) in [5.41, 5.74) is 0. The molecule has 0 saturated heterocycles. The maximum atomic E-state index is 12.2. The van der Waals surface area contributed by atoms with Crippen LogP contribution in [0.3, 0.4) is 0 Å². The minimum Gasteiger partial charge on any atom is -0.454 e. The molecule has 0 aliphatic heterocycles. The van der Waals surface area contributed by atoms with E-state index in [1.807, 2.05) is 18.3 Å². The number of aromatic nitrogens is 2. The van der Waals surface area contributed by atoms with Gasteiger partial charge in [0.05, 0.1) is 6.54 Å². The Morgan fingerprint density at radius 3 is 3.05 bits per heavy atom. The Bertz CT molecular complexity index is 588. The lowest BCUT2D eigenvalue weighted by Crippen LogP contribution is -2.40. The van der Waals surface area contributed by atoms with E-state index in [1.54, 1.807) is 16.9 Å². The number of amides is 1. The second-order valence-corrected chi connectivity index (χ2v) is 5.81. The summed E-state index contributed by atoms with van der Waals surface area (Å²) in [6.07, 6.45) is 8.30. The molecule has 2 heterocycles. The summed E-state index contributed by atoms with van der Waals surface area (Å²) in [4.78, 5) is 12.2. The van der Waals surface area contributed by atoms with Crippen LogP contribution in [-0.4, -0.2) is 21.7 Å². The van der Waals surface area contributed by atoms with E-state index in [0.29, 0.717) is 18.2 Å². The highest BCUT2D eigenvalue weighted by molar-refractivity contribution is 5.91. The minimum absolute atomic E-state index is 0.111. The van der Waals surface area contributed by atoms with Crippen molar-refractivity contribution in [3.05, 3.63) is 42.1 Å². The van der Waals surface area contributed by atoms with Gasteiger partial charge in [0.15, 0.2) is 5.76 Å². The van der Waals surface area contributed by atoms with Crippen LogP contribution in [0, 0.1) is 5.92 Å². The van der Waals surface area contributed by atoms with E-state index in [2.05, 4.69) is 17.3 Å². The van der Waals surface area contributed by atoms with Gasteiger partial charge >= 0.3 is 0 Å². The molecule has 1 fully saturated rings. The average Bonchev–Trinajstić information content (AvgIpc) is 3.13. The van der Waals surface area contributed by atoms with Crippen molar-refractivity contribution in [2.45, 2.75) is 45.2 Å². The van der Waals surface area contributed by atoms with Crippen molar-refractivity contribution in [2.75, 3.05) is 0 Å². The van der Waals surface area contributed by atoms with E-state index >= 15 is 0 Å². The second kappa shape index (κ2) is 6.16. The van der Waals surface area contributed by atoms with Gasteiger partial charge < -0.3 is 9.73 Å². The highest BCUT2D eigenvalue weighted by Gasteiger charge is 2.24. The highest BCUT2D eigenvalue weighted by Crippen LogP contribution is 2.24. The van der Waals surface area contributed by atoms with Crippen LogP contribution in [0.1, 0.15) is 48.9 Å². The molecule has 5 heteroatoms. The fourth-order valence-electron chi connectivity index (χ4n) is 2.91. The molecular weight excluding hydrogens is 266 g/mol. The molecule has 1 aliphatic rings. The molecule has 21 heavy (non-hydrogen) atoms. The largest absolute Gasteiger partial charge is 0.454 e. The quantitative estimate of drug-likeness (QED) is 0.940. The maximum absolute atomic E-state index is 12.2. The maximum Gasteiger partial charge on any atom is 0.287 e. The molecule has 0 radical (unpaired) electrons. The zero-order valence-electron chi connectivity index (χ0n) is 12.3. The van der Waals surface area contributed by atoms with Gasteiger partial charge in [0.25, 0.3) is 5.91 Å². The lowest BCUT2D eigenvalue weighted by Gasteiger charge is -2.29. The van der Waals surface area contributed by atoms with E-state index in [9.17, 15) is 4.79 Å². The van der Waals surface area contributed by atoms with Crippen molar-refractivity contribution >= 4 is 5.91 Å². The van der Waals surface area contributed by atoms with Gasteiger partial charge in [-0.2, -0.15) is 5.10 Å². The lowest BCUT2D eigenvalue weighted by molar-refractivity contribution is 0.0880. The number of rotatable bonds is 4. The number of nitrogens with zero attached hydrogens (tertiary/aromatic N) is 2. The molecule has 3 rings (SSSR count). The Morgan fingerprint density at radius 2 is 2.29 bits per heavy atom. The SMILES string of the molecule is C[C@H]1CCCC[C@@H]1NC(=O)c1ccc(Cn2cccn2)o1. The van der Waals surface area contributed by atoms with E-state index < -0.39 is 0 Å². The van der Waals surface area contributed by atoms with Crippen molar-refractivity contribution in [3.8, 4) is 0 Å². The molecule has 2 aromatic rings. The molecule has 0 aromatic carbocycles. The molecule has 0 unspecified atom stereocenters. The number of nitrogens with one attached hydrogen (secondary N) is 1.